The molecule has 1 N–H and O–H groups in total. The van der Waals surface area contributed by atoms with Gasteiger partial charge >= 0.3 is 0 Å². The highest BCUT2D eigenvalue weighted by atomic mass is 35.5. The van der Waals surface area contributed by atoms with Gasteiger partial charge in [0.05, 0.1) is 6.20 Å². The van der Waals surface area contributed by atoms with Gasteiger partial charge in [-0.3, -0.25) is 4.68 Å². The van der Waals surface area contributed by atoms with Crippen LogP contribution in [-0.4, -0.2) is 21.5 Å². The van der Waals surface area contributed by atoms with E-state index in [1.54, 1.807) is 6.20 Å². The summed E-state index contributed by atoms with van der Waals surface area (Å²) in [6, 6.07) is 8.25. The number of aromatic nitrogens is 3. The van der Waals surface area contributed by atoms with E-state index in [2.05, 4.69) is 28.6 Å². The third-order valence-corrected chi connectivity index (χ3v) is 3.07. The Labute approximate surface area is 112 Å². The van der Waals surface area contributed by atoms with Crippen molar-refractivity contribution in [2.45, 2.75) is 25.9 Å². The summed E-state index contributed by atoms with van der Waals surface area (Å²) < 4.78 is 1.84. The summed E-state index contributed by atoms with van der Waals surface area (Å²) in [4.78, 5) is 0. The fraction of sp³-hybridized carbons (Fsp3) is 0.385. The van der Waals surface area contributed by atoms with Gasteiger partial charge in [0.2, 0.25) is 0 Å². The second-order valence-electron chi connectivity index (χ2n) is 4.25. The van der Waals surface area contributed by atoms with Crippen LogP contribution in [0.2, 0.25) is 5.02 Å². The molecule has 0 spiro atoms. The third-order valence-electron chi connectivity index (χ3n) is 2.84. The van der Waals surface area contributed by atoms with Gasteiger partial charge in [-0.1, -0.05) is 28.9 Å². The number of hydrogen-bond acceptors (Lipinski definition) is 3. The van der Waals surface area contributed by atoms with Crippen LogP contribution in [0, 0.1) is 0 Å². The van der Waals surface area contributed by atoms with Crippen LogP contribution in [0.5, 0.6) is 0 Å². The molecule has 0 saturated carbocycles. The first-order chi connectivity index (χ1) is 8.75. The molecule has 1 unspecified atom stereocenters. The van der Waals surface area contributed by atoms with Crippen LogP contribution in [0.1, 0.15) is 24.9 Å². The molecule has 0 aliphatic carbocycles. The lowest BCUT2D eigenvalue weighted by Crippen LogP contribution is -2.21. The van der Waals surface area contributed by atoms with Gasteiger partial charge in [0, 0.05) is 23.8 Å². The molecule has 4 nitrogen and oxygen atoms in total. The summed E-state index contributed by atoms with van der Waals surface area (Å²) in [5, 5.41) is 11.9. The molecule has 96 valence electrons. The molecule has 0 fully saturated rings. The van der Waals surface area contributed by atoms with Crippen molar-refractivity contribution in [1.82, 2.24) is 20.3 Å². The smallest absolute Gasteiger partial charge is 0.0692 e. The summed E-state index contributed by atoms with van der Waals surface area (Å²) >= 11 is 5.97. The van der Waals surface area contributed by atoms with E-state index in [1.165, 1.54) is 5.56 Å². The lowest BCUT2D eigenvalue weighted by Gasteiger charge is -2.14. The predicted octanol–water partition coefficient (Wildman–Crippen LogP) is 2.67. The SMILES string of the molecule is CC(NCCCn1ccnn1)c1cccc(Cl)c1. The number of nitrogens with zero attached hydrogens (tertiary/aromatic N) is 3. The monoisotopic (exact) mass is 264 g/mol. The molecule has 0 radical (unpaired) electrons. The van der Waals surface area contributed by atoms with Crippen molar-refractivity contribution < 1.29 is 0 Å². The zero-order chi connectivity index (χ0) is 12.8. The largest absolute Gasteiger partial charge is 0.310 e. The quantitative estimate of drug-likeness (QED) is 0.816. The van der Waals surface area contributed by atoms with Crippen LogP contribution < -0.4 is 5.32 Å². The second-order valence-corrected chi connectivity index (χ2v) is 4.69. The molecule has 0 bridgehead atoms. The van der Waals surface area contributed by atoms with Crippen molar-refractivity contribution in [2.24, 2.45) is 0 Å². The number of rotatable bonds is 6. The van der Waals surface area contributed by atoms with E-state index in [0.717, 1.165) is 24.5 Å². The Morgan fingerprint density at radius 1 is 1.44 bits per heavy atom. The number of nitrogens with one attached hydrogen (secondary N) is 1. The van der Waals surface area contributed by atoms with Gasteiger partial charge in [0.25, 0.3) is 0 Å². The van der Waals surface area contributed by atoms with Gasteiger partial charge in [-0.15, -0.1) is 5.10 Å². The van der Waals surface area contributed by atoms with Crippen molar-refractivity contribution in [3.63, 3.8) is 0 Å². The molecule has 1 atom stereocenters. The molecule has 5 heteroatoms. The van der Waals surface area contributed by atoms with Crippen molar-refractivity contribution in [2.75, 3.05) is 6.54 Å². The molecule has 0 saturated heterocycles. The van der Waals surface area contributed by atoms with E-state index >= 15 is 0 Å². The van der Waals surface area contributed by atoms with Crippen molar-refractivity contribution in [1.29, 1.82) is 0 Å². The average Bonchev–Trinajstić information content (AvgIpc) is 2.87. The first kappa shape index (κ1) is 13.1. The molecule has 18 heavy (non-hydrogen) atoms. The number of halogens is 1. The van der Waals surface area contributed by atoms with E-state index in [0.29, 0.717) is 6.04 Å². The fourth-order valence-electron chi connectivity index (χ4n) is 1.81. The summed E-state index contributed by atoms with van der Waals surface area (Å²) in [6.45, 7) is 3.96. The number of hydrogen-bond donors (Lipinski definition) is 1. The lowest BCUT2D eigenvalue weighted by atomic mass is 10.1. The predicted molar refractivity (Wildman–Crippen MR) is 72.5 cm³/mol. The van der Waals surface area contributed by atoms with Crippen LogP contribution in [0.4, 0.5) is 0 Å². The molecular formula is C13H17ClN4. The van der Waals surface area contributed by atoms with Gasteiger partial charge in [-0.25, -0.2) is 0 Å². The molecule has 0 aliphatic rings. The summed E-state index contributed by atoms with van der Waals surface area (Å²) in [7, 11) is 0. The maximum absolute atomic E-state index is 5.97. The van der Waals surface area contributed by atoms with E-state index in [1.807, 2.05) is 29.1 Å². The molecule has 2 rings (SSSR count). The summed E-state index contributed by atoms with van der Waals surface area (Å²) in [6.07, 6.45) is 4.59. The first-order valence-corrected chi connectivity index (χ1v) is 6.46. The first-order valence-electron chi connectivity index (χ1n) is 6.08. The molecule has 2 aromatic rings. The second kappa shape index (κ2) is 6.52. The van der Waals surface area contributed by atoms with Crippen LogP contribution in [0.3, 0.4) is 0 Å². The minimum atomic E-state index is 0.305. The Morgan fingerprint density at radius 3 is 3.06 bits per heavy atom. The highest BCUT2D eigenvalue weighted by Crippen LogP contribution is 2.17. The number of aryl methyl sites for hydroxylation is 1. The Balaban J connectivity index is 1.73. The molecule has 1 aromatic carbocycles. The maximum atomic E-state index is 5.97. The molecular weight excluding hydrogens is 248 g/mol. The zero-order valence-electron chi connectivity index (χ0n) is 10.4. The van der Waals surface area contributed by atoms with E-state index in [4.69, 9.17) is 11.6 Å². The molecule has 1 aromatic heterocycles. The Bertz CT molecular complexity index is 470. The third kappa shape index (κ3) is 3.82. The molecule has 0 amide bonds. The van der Waals surface area contributed by atoms with Crippen molar-refractivity contribution in [3.8, 4) is 0 Å². The Hall–Kier alpha value is -1.39. The van der Waals surface area contributed by atoms with Crippen LogP contribution in [0.15, 0.2) is 36.7 Å². The van der Waals surface area contributed by atoms with Gasteiger partial charge < -0.3 is 5.32 Å². The van der Waals surface area contributed by atoms with Crippen molar-refractivity contribution in [3.05, 3.63) is 47.2 Å². The minimum Gasteiger partial charge on any atom is -0.310 e. The zero-order valence-corrected chi connectivity index (χ0v) is 11.1. The van der Waals surface area contributed by atoms with E-state index in [-0.39, 0.29) is 0 Å². The van der Waals surface area contributed by atoms with Gasteiger partial charge in [0.15, 0.2) is 0 Å². The Kier molecular flexibility index (Phi) is 4.73. The van der Waals surface area contributed by atoms with E-state index in [9.17, 15) is 0 Å². The maximum Gasteiger partial charge on any atom is 0.0692 e. The van der Waals surface area contributed by atoms with Crippen LogP contribution >= 0.6 is 11.6 Å². The molecule has 0 aliphatic heterocycles. The topological polar surface area (TPSA) is 42.7 Å². The lowest BCUT2D eigenvalue weighted by molar-refractivity contribution is 0.499. The fourth-order valence-corrected chi connectivity index (χ4v) is 2.00. The average molecular weight is 265 g/mol. The standard InChI is InChI=1S/C13H17ClN4/c1-11(12-4-2-5-13(14)10-12)15-6-3-8-18-9-7-16-17-18/h2,4-5,7,9-11,15H,3,6,8H2,1H3. The van der Waals surface area contributed by atoms with E-state index < -0.39 is 0 Å². The van der Waals surface area contributed by atoms with Crippen molar-refractivity contribution >= 4 is 11.6 Å². The highest BCUT2D eigenvalue weighted by Gasteiger charge is 2.04. The highest BCUT2D eigenvalue weighted by molar-refractivity contribution is 6.30. The normalized spacial score (nSPS) is 12.6. The minimum absolute atomic E-state index is 0.305. The van der Waals surface area contributed by atoms with Gasteiger partial charge in [-0.2, -0.15) is 0 Å². The summed E-state index contributed by atoms with van der Waals surface area (Å²) in [5.41, 5.74) is 1.21. The number of benzene rings is 1. The van der Waals surface area contributed by atoms with Crippen LogP contribution in [-0.2, 0) is 6.54 Å². The van der Waals surface area contributed by atoms with Gasteiger partial charge in [0.1, 0.15) is 0 Å². The van der Waals surface area contributed by atoms with Crippen LogP contribution in [0.25, 0.3) is 0 Å². The Morgan fingerprint density at radius 2 is 2.33 bits per heavy atom. The molecule has 1 heterocycles. The summed E-state index contributed by atoms with van der Waals surface area (Å²) in [5.74, 6) is 0. The van der Waals surface area contributed by atoms with Gasteiger partial charge in [-0.05, 0) is 37.6 Å².